The topological polar surface area (TPSA) is 178 Å². The van der Waals surface area contributed by atoms with Gasteiger partial charge in [-0.25, -0.2) is 9.46 Å². The normalized spacial score (nSPS) is 22.0. The van der Waals surface area contributed by atoms with Crippen molar-refractivity contribution in [2.45, 2.75) is 135 Å². The lowest BCUT2D eigenvalue weighted by atomic mass is 9.63. The van der Waals surface area contributed by atoms with Crippen LogP contribution in [0.3, 0.4) is 0 Å². The Morgan fingerprint density at radius 3 is 1.89 bits per heavy atom. The molecule has 0 aliphatic carbocycles. The number of hydroxylamine groups is 2. The lowest BCUT2D eigenvalue weighted by molar-refractivity contribution is -0.274. The standard InChI is InChI=1S/C50H66N5O10P/c1-32(2)54(33(3)4)66(62-29-15-27-51)65-43-42(35-30-48(6,7)55(64-34(5)56)49(8,9)31-35)46(53-28-26-41(57)52-47(53)59)63-44(43)45(58)50(36-16-13-12-14-17-36,37-18-22-39(60-10)23-19-37)38-20-24-40(61-11)25-21-38/h12-14,16-26,28,32-33,35,42-46,58H,15,29-31H2,1-11H3,(H,52,57,59)/t42-,43+,44+,45?,46-,66?/m1/s1. The highest BCUT2D eigenvalue weighted by Crippen LogP contribution is 2.58. The molecule has 2 unspecified atom stereocenters. The number of aromatic nitrogens is 2. The Morgan fingerprint density at radius 1 is 0.894 bits per heavy atom. The zero-order valence-corrected chi connectivity index (χ0v) is 40.9. The first-order valence-electron chi connectivity index (χ1n) is 22.5. The predicted octanol–water partition coefficient (Wildman–Crippen LogP) is 7.87. The maximum absolute atomic E-state index is 14.1. The number of nitrogens with zero attached hydrogens (tertiary/aromatic N) is 4. The molecule has 6 rings (SSSR count). The molecule has 2 saturated heterocycles. The van der Waals surface area contributed by atoms with Gasteiger partial charge in [-0.15, -0.1) is 5.06 Å². The van der Waals surface area contributed by atoms with Crippen LogP contribution in [-0.4, -0.2) is 92.7 Å². The van der Waals surface area contributed by atoms with E-state index in [0.717, 1.165) is 5.56 Å². The second kappa shape index (κ2) is 20.9. The smallest absolute Gasteiger partial charge is 0.330 e. The first-order valence-corrected chi connectivity index (χ1v) is 23.7. The average Bonchev–Trinajstić information content (AvgIpc) is 3.64. The SMILES string of the molecule is COc1ccc(C(c2ccccc2)(c2ccc(OC)cc2)C(O)[C@H]2O[C@@H](n3ccc(=O)[nH]c3=O)[C@H](C3CC(C)(C)N(OC(C)=O)C(C)(C)C3)[C@@H]2OP(OCCC#N)N(C(C)C)C(C)C)cc1. The van der Waals surface area contributed by atoms with Gasteiger partial charge in [0.2, 0.25) is 0 Å². The lowest BCUT2D eigenvalue weighted by Crippen LogP contribution is -2.62. The van der Waals surface area contributed by atoms with Gasteiger partial charge in [-0.05, 0) is 115 Å². The predicted molar refractivity (Wildman–Crippen MR) is 252 cm³/mol. The van der Waals surface area contributed by atoms with E-state index in [9.17, 15) is 24.8 Å². The largest absolute Gasteiger partial charge is 0.497 e. The molecule has 16 heteroatoms. The van der Waals surface area contributed by atoms with E-state index >= 15 is 0 Å². The van der Waals surface area contributed by atoms with E-state index in [0.29, 0.717) is 35.5 Å². The van der Waals surface area contributed by atoms with Crippen LogP contribution in [0.1, 0.15) is 104 Å². The third kappa shape index (κ3) is 10.3. The molecule has 15 nitrogen and oxygen atoms in total. The molecular formula is C50H66N5O10P. The Morgan fingerprint density at radius 2 is 1.42 bits per heavy atom. The van der Waals surface area contributed by atoms with Crippen molar-refractivity contribution in [1.82, 2.24) is 19.3 Å². The van der Waals surface area contributed by atoms with Gasteiger partial charge in [0.15, 0.2) is 0 Å². The number of ether oxygens (including phenoxy) is 3. The number of benzene rings is 3. The first-order chi connectivity index (χ1) is 31.3. The van der Waals surface area contributed by atoms with Gasteiger partial charge in [0.25, 0.3) is 14.1 Å². The molecule has 3 aromatic carbocycles. The highest BCUT2D eigenvalue weighted by atomic mass is 31.2. The first kappa shape index (κ1) is 50.5. The van der Waals surface area contributed by atoms with Gasteiger partial charge in [0.1, 0.15) is 36.0 Å². The molecule has 0 bridgehead atoms. The van der Waals surface area contributed by atoms with Crippen LogP contribution < -0.4 is 20.7 Å². The maximum Gasteiger partial charge on any atom is 0.330 e. The van der Waals surface area contributed by atoms with Gasteiger partial charge < -0.3 is 33.2 Å². The molecule has 0 spiro atoms. The third-order valence-electron chi connectivity index (χ3n) is 12.8. The van der Waals surface area contributed by atoms with Crippen LogP contribution >= 0.6 is 8.53 Å². The van der Waals surface area contributed by atoms with E-state index < -0.39 is 72.7 Å². The van der Waals surface area contributed by atoms with Gasteiger partial charge in [-0.1, -0.05) is 54.6 Å². The summed E-state index contributed by atoms with van der Waals surface area (Å²) in [6.45, 7) is 17.7. The van der Waals surface area contributed by atoms with Gasteiger partial charge >= 0.3 is 11.7 Å². The molecule has 2 aliphatic heterocycles. The van der Waals surface area contributed by atoms with Crippen LogP contribution in [0.2, 0.25) is 0 Å². The van der Waals surface area contributed by atoms with Crippen molar-refractivity contribution in [3.05, 3.63) is 129 Å². The molecule has 4 aromatic rings. The fraction of sp³-hybridized carbons (Fsp3) is 0.520. The Labute approximate surface area is 389 Å². The van der Waals surface area contributed by atoms with Gasteiger partial charge in [0, 0.05) is 37.2 Å². The summed E-state index contributed by atoms with van der Waals surface area (Å²) >= 11 is 0. The quantitative estimate of drug-likeness (QED) is 0.0560. The Balaban J connectivity index is 1.68. The molecule has 2 aliphatic rings. The van der Waals surface area contributed by atoms with Crippen molar-refractivity contribution >= 4 is 14.5 Å². The minimum absolute atomic E-state index is 0.0770. The van der Waals surface area contributed by atoms with E-state index in [2.05, 4.69) is 15.7 Å². The zero-order chi connectivity index (χ0) is 48.1. The average molecular weight is 928 g/mol. The number of hydrogen-bond donors (Lipinski definition) is 2. The van der Waals surface area contributed by atoms with Crippen molar-refractivity contribution in [3.63, 3.8) is 0 Å². The highest BCUT2D eigenvalue weighted by Gasteiger charge is 2.61. The maximum atomic E-state index is 14.1. The summed E-state index contributed by atoms with van der Waals surface area (Å²) in [5.41, 5.74) is -1.96. The minimum atomic E-state index is -1.97. The molecule has 2 N–H and O–H groups in total. The third-order valence-corrected chi connectivity index (χ3v) is 14.9. The minimum Gasteiger partial charge on any atom is -0.497 e. The van der Waals surface area contributed by atoms with E-state index in [-0.39, 0.29) is 31.0 Å². The molecule has 66 heavy (non-hydrogen) atoms. The van der Waals surface area contributed by atoms with Crippen molar-refractivity contribution < 1.29 is 38.0 Å². The Kier molecular flexibility index (Phi) is 16.0. The summed E-state index contributed by atoms with van der Waals surface area (Å²) in [6.07, 6.45) is -2.34. The molecule has 356 valence electrons. The number of aliphatic hydroxyl groups is 1. The fourth-order valence-electron chi connectivity index (χ4n) is 10.5. The fourth-order valence-corrected chi connectivity index (χ4v) is 12.3. The second-order valence-electron chi connectivity index (χ2n) is 18.9. The number of nitrogens with one attached hydrogen (secondary N) is 1. The van der Waals surface area contributed by atoms with Crippen LogP contribution in [0.4, 0.5) is 0 Å². The molecule has 1 aromatic heterocycles. The van der Waals surface area contributed by atoms with Crippen LogP contribution in [0, 0.1) is 23.2 Å². The van der Waals surface area contributed by atoms with Gasteiger partial charge in [-0.3, -0.25) is 19.1 Å². The number of aliphatic hydroxyl groups excluding tert-OH is 1. The summed E-state index contributed by atoms with van der Waals surface area (Å²) in [7, 11) is 1.22. The van der Waals surface area contributed by atoms with Crippen LogP contribution in [-0.2, 0) is 28.8 Å². The van der Waals surface area contributed by atoms with E-state index in [4.69, 9.17) is 28.1 Å². The number of nitriles is 1. The lowest BCUT2D eigenvalue weighted by Gasteiger charge is -2.54. The molecule has 6 atom stereocenters. The van der Waals surface area contributed by atoms with E-state index in [1.54, 1.807) is 19.3 Å². The van der Waals surface area contributed by atoms with Crippen molar-refractivity contribution in [2.24, 2.45) is 11.8 Å². The van der Waals surface area contributed by atoms with Crippen LogP contribution in [0.25, 0.3) is 0 Å². The van der Waals surface area contributed by atoms with Gasteiger partial charge in [-0.2, -0.15) is 5.26 Å². The summed E-state index contributed by atoms with van der Waals surface area (Å²) in [4.78, 5) is 47.7. The molecule has 0 radical (unpaired) electrons. The number of methoxy groups -OCH3 is 2. The van der Waals surface area contributed by atoms with Crippen molar-refractivity contribution in [2.75, 3.05) is 20.8 Å². The summed E-state index contributed by atoms with van der Waals surface area (Å²) < 4.78 is 36.2. The van der Waals surface area contributed by atoms with Crippen molar-refractivity contribution in [3.8, 4) is 17.6 Å². The van der Waals surface area contributed by atoms with E-state index in [1.807, 2.05) is 134 Å². The van der Waals surface area contributed by atoms with Crippen molar-refractivity contribution in [1.29, 1.82) is 5.26 Å². The second-order valence-corrected chi connectivity index (χ2v) is 20.4. The number of aromatic amines is 1. The number of rotatable bonds is 18. The highest BCUT2D eigenvalue weighted by molar-refractivity contribution is 7.44. The van der Waals surface area contributed by atoms with Crippen LogP contribution in [0.5, 0.6) is 11.5 Å². The molecule has 0 saturated carbocycles. The van der Waals surface area contributed by atoms with Crippen LogP contribution in [0.15, 0.2) is 101 Å². The van der Waals surface area contributed by atoms with E-state index in [1.165, 1.54) is 23.8 Å². The molecular weight excluding hydrogens is 862 g/mol. The number of hydrogen-bond acceptors (Lipinski definition) is 13. The number of piperidine rings is 1. The molecule has 0 amide bonds. The summed E-state index contributed by atoms with van der Waals surface area (Å²) in [5, 5.41) is 25.4. The summed E-state index contributed by atoms with van der Waals surface area (Å²) in [5.74, 6) is -0.221. The summed E-state index contributed by atoms with van der Waals surface area (Å²) in [6, 6.07) is 28.1. The Bertz CT molecular complexity index is 2330. The zero-order valence-electron chi connectivity index (χ0n) is 40.0. The molecule has 2 fully saturated rings. The molecule has 3 heterocycles. The Hall–Kier alpha value is -4.91. The van der Waals surface area contributed by atoms with Gasteiger partial charge in [0.05, 0.1) is 49.8 Å². The monoisotopic (exact) mass is 927 g/mol. The number of carbonyl (C=O) groups excluding carboxylic acids is 1. The number of carbonyl (C=O) groups is 1. The number of H-pyrrole nitrogens is 1.